The Labute approximate surface area is 185 Å². The summed E-state index contributed by atoms with van der Waals surface area (Å²) in [5.74, 6) is -0.359. The molecule has 30 heavy (non-hydrogen) atoms. The van der Waals surface area contributed by atoms with Gasteiger partial charge in [-0.1, -0.05) is 23.2 Å². The largest absolute Gasteiger partial charge is 0.396 e. The number of rotatable bonds is 6. The van der Waals surface area contributed by atoms with Crippen molar-refractivity contribution in [2.75, 3.05) is 18.2 Å². The number of sulfone groups is 1. The molecule has 0 aliphatic carbocycles. The normalized spacial score (nSPS) is 11.5. The van der Waals surface area contributed by atoms with Gasteiger partial charge in [0.15, 0.2) is 9.84 Å². The molecule has 0 saturated carbocycles. The third-order valence-electron chi connectivity index (χ3n) is 4.63. The maximum atomic E-state index is 12.9. The van der Waals surface area contributed by atoms with Gasteiger partial charge in [0.1, 0.15) is 0 Å². The van der Waals surface area contributed by atoms with Gasteiger partial charge in [-0.25, -0.2) is 8.42 Å². The Bertz CT molecular complexity index is 1200. The molecule has 9 heteroatoms. The summed E-state index contributed by atoms with van der Waals surface area (Å²) in [7, 11) is -3.31. The Morgan fingerprint density at radius 1 is 1.10 bits per heavy atom. The summed E-state index contributed by atoms with van der Waals surface area (Å²) in [6.07, 6.45) is 1.45. The number of carbonyl (C=O) groups excluding carboxylic acids is 1. The minimum absolute atomic E-state index is 0.0946. The quantitative estimate of drug-likeness (QED) is 0.567. The summed E-state index contributed by atoms with van der Waals surface area (Å²) in [5, 5.41) is 13.1. The lowest BCUT2D eigenvalue weighted by molar-refractivity contribution is 0.102. The lowest BCUT2D eigenvalue weighted by Crippen LogP contribution is -2.13. The molecule has 0 bridgehead atoms. The molecule has 3 rings (SSSR count). The van der Waals surface area contributed by atoms with Crippen molar-refractivity contribution in [2.45, 2.75) is 18.2 Å². The number of aliphatic hydroxyl groups is 1. The van der Waals surface area contributed by atoms with Crippen molar-refractivity contribution in [3.05, 3.63) is 75.5 Å². The summed E-state index contributed by atoms with van der Waals surface area (Å²) >= 11 is 12.4. The van der Waals surface area contributed by atoms with Gasteiger partial charge in [0.05, 0.1) is 21.2 Å². The van der Waals surface area contributed by atoms with Gasteiger partial charge in [0.2, 0.25) is 0 Å². The molecule has 0 unspecified atom stereocenters. The van der Waals surface area contributed by atoms with E-state index in [1.807, 2.05) is 4.57 Å². The lowest BCUT2D eigenvalue weighted by atomic mass is 10.2. The smallest absolute Gasteiger partial charge is 0.257 e. The predicted octanol–water partition coefficient (Wildman–Crippen LogP) is 4.28. The van der Waals surface area contributed by atoms with Crippen LogP contribution in [0, 0.1) is 6.92 Å². The van der Waals surface area contributed by atoms with E-state index in [0.29, 0.717) is 39.1 Å². The molecule has 0 aliphatic rings. The second-order valence-corrected chi connectivity index (χ2v) is 9.65. The van der Waals surface area contributed by atoms with Gasteiger partial charge in [-0.15, -0.1) is 0 Å². The highest BCUT2D eigenvalue weighted by Crippen LogP contribution is 2.30. The van der Waals surface area contributed by atoms with E-state index in [9.17, 15) is 18.3 Å². The van der Waals surface area contributed by atoms with Crippen molar-refractivity contribution in [3.63, 3.8) is 0 Å². The fraction of sp³-hybridized carbons (Fsp3) is 0.190. The molecule has 0 radical (unpaired) electrons. The number of hydrogen-bond donors (Lipinski definition) is 2. The number of aromatic nitrogens is 1. The molecule has 0 saturated heterocycles. The molecule has 0 aliphatic heterocycles. The van der Waals surface area contributed by atoms with Gasteiger partial charge >= 0.3 is 0 Å². The van der Waals surface area contributed by atoms with Crippen LogP contribution in [-0.4, -0.2) is 36.9 Å². The second kappa shape index (κ2) is 8.81. The van der Waals surface area contributed by atoms with Crippen LogP contribution in [0.5, 0.6) is 0 Å². The van der Waals surface area contributed by atoms with E-state index in [-0.39, 0.29) is 17.4 Å². The molecule has 3 aromatic rings. The Hall–Kier alpha value is -2.32. The highest BCUT2D eigenvalue weighted by molar-refractivity contribution is 7.90. The first kappa shape index (κ1) is 22.4. The monoisotopic (exact) mass is 466 g/mol. The van der Waals surface area contributed by atoms with Crippen LogP contribution in [0.25, 0.3) is 5.69 Å². The fourth-order valence-corrected chi connectivity index (χ4v) is 4.31. The van der Waals surface area contributed by atoms with Crippen LogP contribution in [0.4, 0.5) is 5.69 Å². The molecule has 1 aromatic heterocycles. The average Bonchev–Trinajstić information content (AvgIpc) is 2.98. The molecule has 2 N–H and O–H groups in total. The van der Waals surface area contributed by atoms with E-state index >= 15 is 0 Å². The van der Waals surface area contributed by atoms with Gasteiger partial charge in [-0.2, -0.15) is 0 Å². The topological polar surface area (TPSA) is 88.4 Å². The molecule has 1 heterocycles. The van der Waals surface area contributed by atoms with E-state index in [4.69, 9.17) is 23.2 Å². The lowest BCUT2D eigenvalue weighted by Gasteiger charge is -2.13. The highest BCUT2D eigenvalue weighted by Gasteiger charge is 2.20. The minimum atomic E-state index is -3.31. The van der Waals surface area contributed by atoms with Gasteiger partial charge in [0.25, 0.3) is 5.91 Å². The number of halogens is 2. The standard InChI is InChI=1S/C21H20Cl2N2O4S/c1-13-18(21(27)24-15-4-6-17(7-5-15)30(2,28)29)12-16(9-10-26)25(13)20-8-3-14(22)11-19(20)23/h3-8,11-12,26H,9-10H2,1-2H3,(H,24,27). The zero-order valence-electron chi connectivity index (χ0n) is 16.3. The number of nitrogens with one attached hydrogen (secondary N) is 1. The van der Waals surface area contributed by atoms with Crippen molar-refractivity contribution in [2.24, 2.45) is 0 Å². The molecular formula is C21H20Cl2N2O4S. The van der Waals surface area contributed by atoms with E-state index < -0.39 is 9.84 Å². The number of amides is 1. The number of aliphatic hydroxyl groups excluding tert-OH is 1. The molecule has 158 valence electrons. The number of benzene rings is 2. The summed E-state index contributed by atoms with van der Waals surface area (Å²) in [6, 6.07) is 12.7. The summed E-state index contributed by atoms with van der Waals surface area (Å²) in [6.45, 7) is 1.69. The van der Waals surface area contributed by atoms with Crippen molar-refractivity contribution in [1.29, 1.82) is 0 Å². The third kappa shape index (κ3) is 4.70. The van der Waals surface area contributed by atoms with Crippen LogP contribution in [-0.2, 0) is 16.3 Å². The van der Waals surface area contributed by atoms with Crippen LogP contribution in [0.15, 0.2) is 53.4 Å². The van der Waals surface area contributed by atoms with E-state index in [1.165, 1.54) is 24.3 Å². The SMILES string of the molecule is Cc1c(C(=O)Nc2ccc(S(C)(=O)=O)cc2)cc(CCO)n1-c1ccc(Cl)cc1Cl. The molecule has 6 nitrogen and oxygen atoms in total. The van der Waals surface area contributed by atoms with E-state index in [1.54, 1.807) is 31.2 Å². The maximum absolute atomic E-state index is 12.9. The predicted molar refractivity (Wildman–Crippen MR) is 119 cm³/mol. The number of carbonyl (C=O) groups is 1. The third-order valence-corrected chi connectivity index (χ3v) is 6.29. The van der Waals surface area contributed by atoms with E-state index in [0.717, 1.165) is 11.9 Å². The Kier molecular flexibility index (Phi) is 6.57. The number of anilines is 1. The second-order valence-electron chi connectivity index (χ2n) is 6.79. The Morgan fingerprint density at radius 3 is 2.33 bits per heavy atom. The maximum Gasteiger partial charge on any atom is 0.257 e. The molecule has 0 fully saturated rings. The molecular weight excluding hydrogens is 447 g/mol. The van der Waals surface area contributed by atoms with Crippen LogP contribution in [0.1, 0.15) is 21.7 Å². The summed E-state index contributed by atoms with van der Waals surface area (Å²) in [4.78, 5) is 13.1. The van der Waals surface area contributed by atoms with Gasteiger partial charge < -0.3 is 15.0 Å². The molecule has 0 spiro atoms. The highest BCUT2D eigenvalue weighted by atomic mass is 35.5. The first-order chi connectivity index (χ1) is 14.1. The van der Waals surface area contributed by atoms with Gasteiger partial charge in [-0.3, -0.25) is 4.79 Å². The van der Waals surface area contributed by atoms with Crippen LogP contribution < -0.4 is 5.32 Å². The molecule has 2 aromatic carbocycles. The average molecular weight is 467 g/mol. The number of hydrogen-bond acceptors (Lipinski definition) is 4. The van der Waals surface area contributed by atoms with Crippen LogP contribution in [0.2, 0.25) is 10.0 Å². The Balaban J connectivity index is 1.97. The first-order valence-corrected chi connectivity index (χ1v) is 11.7. The molecule has 1 amide bonds. The van der Waals surface area contributed by atoms with Crippen LogP contribution in [0.3, 0.4) is 0 Å². The fourth-order valence-electron chi connectivity index (χ4n) is 3.18. The van der Waals surface area contributed by atoms with Crippen LogP contribution >= 0.6 is 23.2 Å². The Morgan fingerprint density at radius 2 is 1.77 bits per heavy atom. The van der Waals surface area contributed by atoms with Crippen molar-refractivity contribution in [1.82, 2.24) is 4.57 Å². The zero-order chi connectivity index (χ0) is 22.1. The summed E-state index contributed by atoms with van der Waals surface area (Å²) < 4.78 is 25.0. The van der Waals surface area contributed by atoms with E-state index in [2.05, 4.69) is 5.32 Å². The zero-order valence-corrected chi connectivity index (χ0v) is 18.6. The molecule has 0 atom stereocenters. The van der Waals surface area contributed by atoms with Gasteiger partial charge in [0, 0.05) is 41.4 Å². The van der Waals surface area contributed by atoms with Crippen molar-refractivity contribution >= 4 is 44.6 Å². The summed E-state index contributed by atoms with van der Waals surface area (Å²) in [5.41, 5.74) is 2.90. The van der Waals surface area contributed by atoms with Crippen molar-refractivity contribution in [3.8, 4) is 5.69 Å². The van der Waals surface area contributed by atoms with Gasteiger partial charge in [-0.05, 0) is 55.5 Å². The first-order valence-electron chi connectivity index (χ1n) is 9.01. The number of nitrogens with zero attached hydrogens (tertiary/aromatic N) is 1. The minimum Gasteiger partial charge on any atom is -0.396 e. The van der Waals surface area contributed by atoms with Crippen molar-refractivity contribution < 1.29 is 18.3 Å².